The molecule has 0 spiro atoms. The minimum absolute atomic E-state index is 0.0370. The highest BCUT2D eigenvalue weighted by molar-refractivity contribution is 5.98. The van der Waals surface area contributed by atoms with Gasteiger partial charge in [0, 0.05) is 6.20 Å². The number of hydrogen-bond acceptors (Lipinski definition) is 6. The Labute approximate surface area is 175 Å². The number of fused-ring (bicyclic) bond motifs is 1. The fourth-order valence-corrected chi connectivity index (χ4v) is 2.83. The van der Waals surface area contributed by atoms with E-state index in [0.717, 1.165) is 5.56 Å². The van der Waals surface area contributed by atoms with E-state index in [9.17, 15) is 10.1 Å². The molecule has 30 heavy (non-hydrogen) atoms. The van der Waals surface area contributed by atoms with Gasteiger partial charge < -0.3 is 14.2 Å². The number of esters is 1. The molecule has 2 aromatic heterocycles. The van der Waals surface area contributed by atoms with E-state index in [2.05, 4.69) is 4.98 Å². The van der Waals surface area contributed by atoms with Gasteiger partial charge in [-0.3, -0.25) is 4.40 Å². The molecule has 0 fully saturated rings. The van der Waals surface area contributed by atoms with Crippen LogP contribution in [0.5, 0.6) is 11.6 Å². The molecular formula is C23H23N3O4. The van der Waals surface area contributed by atoms with E-state index in [1.807, 2.05) is 63.2 Å². The van der Waals surface area contributed by atoms with Crippen molar-refractivity contribution in [2.45, 2.75) is 33.5 Å². The minimum atomic E-state index is -0.715. The average Bonchev–Trinajstić information content (AvgIpc) is 3.09. The Morgan fingerprint density at radius 1 is 1.23 bits per heavy atom. The van der Waals surface area contributed by atoms with Crippen LogP contribution < -0.4 is 9.47 Å². The maximum Gasteiger partial charge on any atom is 0.349 e. The molecule has 0 aliphatic heterocycles. The highest BCUT2D eigenvalue weighted by atomic mass is 16.5. The van der Waals surface area contributed by atoms with Gasteiger partial charge in [0.05, 0.1) is 12.7 Å². The first-order valence-corrected chi connectivity index (χ1v) is 9.66. The third-order valence-corrected chi connectivity index (χ3v) is 4.10. The summed E-state index contributed by atoms with van der Waals surface area (Å²) in [4.78, 5) is 17.0. The van der Waals surface area contributed by atoms with Gasteiger partial charge in [-0.2, -0.15) is 10.2 Å². The summed E-state index contributed by atoms with van der Waals surface area (Å²) in [6.07, 6.45) is 3.16. The topological polar surface area (TPSA) is 85.9 Å². The zero-order valence-corrected chi connectivity index (χ0v) is 17.2. The van der Waals surface area contributed by atoms with Gasteiger partial charge in [0.15, 0.2) is 11.4 Å². The second-order valence-corrected chi connectivity index (χ2v) is 6.70. The van der Waals surface area contributed by atoms with Crippen molar-refractivity contribution in [2.24, 2.45) is 0 Å². The highest BCUT2D eigenvalue weighted by Gasteiger charge is 2.19. The van der Waals surface area contributed by atoms with Crippen molar-refractivity contribution >= 4 is 17.7 Å². The van der Waals surface area contributed by atoms with Gasteiger partial charge in [-0.1, -0.05) is 30.3 Å². The summed E-state index contributed by atoms with van der Waals surface area (Å²) in [6.45, 7) is 6.14. The standard InChI is InChI=1S/C23H23N3O4/c1-4-28-22-19(26-12-8-11-20(21(26)25-22)30-16(2)3)13-18(14-24)23(27)29-15-17-9-6-5-7-10-17/h5-13,16H,4,15H2,1-3H3. The van der Waals surface area contributed by atoms with Gasteiger partial charge in [0.2, 0.25) is 5.88 Å². The molecule has 0 bridgehead atoms. The van der Waals surface area contributed by atoms with E-state index in [0.29, 0.717) is 29.6 Å². The summed E-state index contributed by atoms with van der Waals surface area (Å²) in [6, 6.07) is 14.8. The number of nitrogens with zero attached hydrogens (tertiary/aromatic N) is 3. The normalized spacial score (nSPS) is 11.4. The number of imidazole rings is 1. The van der Waals surface area contributed by atoms with Crippen LogP contribution in [0.4, 0.5) is 0 Å². The van der Waals surface area contributed by atoms with Crippen LogP contribution in [0.1, 0.15) is 32.0 Å². The maximum atomic E-state index is 12.5. The lowest BCUT2D eigenvalue weighted by Gasteiger charge is -2.10. The molecule has 154 valence electrons. The summed E-state index contributed by atoms with van der Waals surface area (Å²) < 4.78 is 18.5. The molecule has 1 aromatic carbocycles. The van der Waals surface area contributed by atoms with E-state index < -0.39 is 5.97 Å². The quantitative estimate of drug-likeness (QED) is 0.318. The van der Waals surface area contributed by atoms with Gasteiger partial charge in [-0.05, 0) is 44.5 Å². The minimum Gasteiger partial charge on any atom is -0.487 e. The van der Waals surface area contributed by atoms with E-state index >= 15 is 0 Å². The van der Waals surface area contributed by atoms with Gasteiger partial charge in [-0.25, -0.2) is 4.79 Å². The Morgan fingerprint density at radius 2 is 2.00 bits per heavy atom. The molecule has 0 atom stereocenters. The largest absolute Gasteiger partial charge is 0.487 e. The molecule has 0 aliphatic carbocycles. The van der Waals surface area contributed by atoms with Crippen LogP contribution in [0.25, 0.3) is 11.7 Å². The zero-order valence-electron chi connectivity index (χ0n) is 17.2. The van der Waals surface area contributed by atoms with Gasteiger partial charge in [0.1, 0.15) is 23.9 Å². The Morgan fingerprint density at radius 3 is 2.67 bits per heavy atom. The summed E-state index contributed by atoms with van der Waals surface area (Å²) in [5.41, 5.74) is 1.69. The van der Waals surface area contributed by atoms with Gasteiger partial charge >= 0.3 is 5.97 Å². The SMILES string of the molecule is CCOc1nc2c(OC(C)C)cccn2c1C=C(C#N)C(=O)OCc1ccccc1. The number of nitriles is 1. The molecule has 0 saturated carbocycles. The van der Waals surface area contributed by atoms with Gasteiger partial charge in [0.25, 0.3) is 0 Å². The second-order valence-electron chi connectivity index (χ2n) is 6.70. The predicted octanol–water partition coefficient (Wildman–Crippen LogP) is 4.17. The van der Waals surface area contributed by atoms with E-state index in [1.165, 1.54) is 6.08 Å². The Bertz CT molecular complexity index is 1090. The third-order valence-electron chi connectivity index (χ3n) is 4.10. The van der Waals surface area contributed by atoms with E-state index in [-0.39, 0.29) is 18.3 Å². The number of ether oxygens (including phenoxy) is 3. The lowest BCUT2D eigenvalue weighted by molar-refractivity contribution is -0.139. The Hall–Kier alpha value is -3.79. The second kappa shape index (κ2) is 9.61. The van der Waals surface area contributed by atoms with Crippen molar-refractivity contribution < 1.29 is 19.0 Å². The molecule has 0 unspecified atom stereocenters. The molecule has 7 nitrogen and oxygen atoms in total. The first-order chi connectivity index (χ1) is 14.5. The van der Waals surface area contributed by atoms with Gasteiger partial charge in [-0.15, -0.1) is 0 Å². The average molecular weight is 405 g/mol. The van der Waals surface area contributed by atoms with Crippen LogP contribution in [-0.2, 0) is 16.1 Å². The maximum absolute atomic E-state index is 12.5. The van der Waals surface area contributed by atoms with Crippen molar-refractivity contribution in [3.8, 4) is 17.7 Å². The molecule has 0 N–H and O–H groups in total. The molecule has 0 amide bonds. The van der Waals surface area contributed by atoms with Crippen molar-refractivity contribution in [2.75, 3.05) is 6.61 Å². The predicted molar refractivity (Wildman–Crippen MR) is 112 cm³/mol. The summed E-state index contributed by atoms with van der Waals surface area (Å²) >= 11 is 0. The Balaban J connectivity index is 1.96. The lowest BCUT2D eigenvalue weighted by Crippen LogP contribution is -2.08. The lowest BCUT2D eigenvalue weighted by atomic mass is 10.2. The van der Waals surface area contributed by atoms with Crippen molar-refractivity contribution in [1.82, 2.24) is 9.38 Å². The highest BCUT2D eigenvalue weighted by Crippen LogP contribution is 2.29. The molecule has 0 aliphatic rings. The van der Waals surface area contributed by atoms with Crippen molar-refractivity contribution in [3.05, 3.63) is 65.5 Å². The first kappa shape index (κ1) is 20.9. The van der Waals surface area contributed by atoms with Crippen LogP contribution in [0.3, 0.4) is 0 Å². The van der Waals surface area contributed by atoms with Crippen LogP contribution in [0, 0.1) is 11.3 Å². The molecule has 3 aromatic rings. The Kier molecular flexibility index (Phi) is 6.71. The molecular weight excluding hydrogens is 382 g/mol. The monoisotopic (exact) mass is 405 g/mol. The molecule has 7 heteroatoms. The molecule has 0 radical (unpaired) electrons. The van der Waals surface area contributed by atoms with Crippen LogP contribution in [0.2, 0.25) is 0 Å². The molecule has 2 heterocycles. The number of pyridine rings is 1. The van der Waals surface area contributed by atoms with E-state index in [1.54, 1.807) is 16.7 Å². The van der Waals surface area contributed by atoms with Crippen LogP contribution in [0.15, 0.2) is 54.2 Å². The number of carbonyl (C=O) groups is 1. The van der Waals surface area contributed by atoms with Crippen LogP contribution >= 0.6 is 0 Å². The van der Waals surface area contributed by atoms with Crippen molar-refractivity contribution in [3.63, 3.8) is 0 Å². The first-order valence-electron chi connectivity index (χ1n) is 9.66. The summed E-state index contributed by atoms with van der Waals surface area (Å²) in [5, 5.41) is 9.54. The molecule has 0 saturated heterocycles. The number of benzene rings is 1. The summed E-state index contributed by atoms with van der Waals surface area (Å²) in [5.74, 6) is 0.174. The molecule has 3 rings (SSSR count). The van der Waals surface area contributed by atoms with Crippen LogP contribution in [-0.4, -0.2) is 28.1 Å². The summed E-state index contributed by atoms with van der Waals surface area (Å²) in [7, 11) is 0. The number of carbonyl (C=O) groups excluding carboxylic acids is 1. The zero-order chi connectivity index (χ0) is 21.5. The van der Waals surface area contributed by atoms with E-state index in [4.69, 9.17) is 14.2 Å². The van der Waals surface area contributed by atoms with Crippen molar-refractivity contribution in [1.29, 1.82) is 5.26 Å². The fourth-order valence-electron chi connectivity index (χ4n) is 2.83. The number of rotatable bonds is 8. The number of aromatic nitrogens is 2. The smallest absolute Gasteiger partial charge is 0.349 e. The number of hydrogen-bond donors (Lipinski definition) is 0. The third kappa shape index (κ3) is 4.78. The fraction of sp³-hybridized carbons (Fsp3) is 0.261.